The average molecular weight is 256 g/mol. The molecule has 16 heavy (non-hydrogen) atoms. The summed E-state index contributed by atoms with van der Waals surface area (Å²) in [6, 6.07) is 0. The summed E-state index contributed by atoms with van der Waals surface area (Å²) in [6.45, 7) is 2.47. The number of nitrogens with one attached hydrogen (secondary N) is 1. The van der Waals surface area contributed by atoms with Crippen molar-refractivity contribution in [2.45, 2.75) is 13.5 Å². The summed E-state index contributed by atoms with van der Waals surface area (Å²) < 4.78 is 0. The number of anilines is 1. The molecular weight excluding hydrogens is 248 g/mol. The predicted octanol–water partition coefficient (Wildman–Crippen LogP) is 2.43. The molecule has 0 aromatic carbocycles. The maximum absolute atomic E-state index is 10.4. The summed E-state index contributed by atoms with van der Waals surface area (Å²) in [7, 11) is 0. The van der Waals surface area contributed by atoms with Gasteiger partial charge in [-0.1, -0.05) is 0 Å². The lowest BCUT2D eigenvalue weighted by Crippen LogP contribution is -1.98. The number of aromatic nitrogens is 2. The molecule has 1 N–H and O–H groups in total. The van der Waals surface area contributed by atoms with Gasteiger partial charge in [-0.15, -0.1) is 11.3 Å². The van der Waals surface area contributed by atoms with Crippen molar-refractivity contribution in [3.63, 3.8) is 0 Å². The first kappa shape index (κ1) is 11.0. The zero-order valence-electron chi connectivity index (χ0n) is 8.34. The summed E-state index contributed by atoms with van der Waals surface area (Å²) in [5.74, 6) is 0. The lowest BCUT2D eigenvalue weighted by atomic mass is 10.5. The van der Waals surface area contributed by atoms with Crippen LogP contribution < -0.4 is 5.32 Å². The Morgan fingerprint density at radius 3 is 3.00 bits per heavy atom. The minimum absolute atomic E-state index is 0.0389. The molecule has 0 amide bonds. The van der Waals surface area contributed by atoms with E-state index in [9.17, 15) is 10.1 Å². The molecule has 0 aliphatic rings. The Bertz CT molecular complexity index is 508. The number of thiazole rings is 2. The van der Waals surface area contributed by atoms with Crippen LogP contribution in [0.3, 0.4) is 0 Å². The van der Waals surface area contributed by atoms with Gasteiger partial charge in [-0.2, -0.15) is 0 Å². The molecule has 2 heterocycles. The highest BCUT2D eigenvalue weighted by molar-refractivity contribution is 7.18. The minimum Gasteiger partial charge on any atom is -0.356 e. The molecule has 0 saturated heterocycles. The minimum atomic E-state index is -0.449. The summed E-state index contributed by atoms with van der Waals surface area (Å²) >= 11 is 2.59. The third kappa shape index (κ3) is 2.52. The van der Waals surface area contributed by atoms with E-state index in [1.54, 1.807) is 11.3 Å². The molecule has 0 atom stereocenters. The molecule has 0 saturated carbocycles. The van der Waals surface area contributed by atoms with Crippen molar-refractivity contribution in [2.75, 3.05) is 5.32 Å². The first-order chi connectivity index (χ1) is 7.65. The molecule has 2 aromatic heterocycles. The van der Waals surface area contributed by atoms with Gasteiger partial charge in [-0.3, -0.25) is 10.1 Å². The van der Waals surface area contributed by atoms with E-state index in [2.05, 4.69) is 15.3 Å². The van der Waals surface area contributed by atoms with Gasteiger partial charge in [0.1, 0.15) is 6.20 Å². The second-order valence-electron chi connectivity index (χ2n) is 2.97. The van der Waals surface area contributed by atoms with Crippen molar-refractivity contribution in [3.05, 3.63) is 32.4 Å². The van der Waals surface area contributed by atoms with E-state index in [4.69, 9.17) is 0 Å². The second-order valence-corrected chi connectivity index (χ2v) is 5.04. The molecule has 0 unspecified atom stereocenters. The van der Waals surface area contributed by atoms with Crippen LogP contribution in [0, 0.1) is 17.0 Å². The second kappa shape index (κ2) is 4.54. The third-order valence-electron chi connectivity index (χ3n) is 1.76. The van der Waals surface area contributed by atoms with E-state index < -0.39 is 4.92 Å². The predicted molar refractivity (Wildman–Crippen MR) is 62.9 cm³/mol. The molecule has 0 radical (unpaired) electrons. The smallest absolute Gasteiger partial charge is 0.345 e. The highest BCUT2D eigenvalue weighted by Gasteiger charge is 2.11. The molecule has 0 bridgehead atoms. The monoisotopic (exact) mass is 256 g/mol. The van der Waals surface area contributed by atoms with Gasteiger partial charge in [0.15, 0.2) is 5.13 Å². The molecule has 84 valence electrons. The fraction of sp³-hybridized carbons (Fsp3) is 0.250. The normalized spacial score (nSPS) is 10.3. The highest BCUT2D eigenvalue weighted by Crippen LogP contribution is 2.25. The van der Waals surface area contributed by atoms with Gasteiger partial charge in [-0.25, -0.2) is 9.97 Å². The van der Waals surface area contributed by atoms with E-state index in [-0.39, 0.29) is 5.00 Å². The molecule has 8 heteroatoms. The van der Waals surface area contributed by atoms with Crippen LogP contribution in [0.2, 0.25) is 0 Å². The number of aryl methyl sites for hydroxylation is 1. The summed E-state index contributed by atoms with van der Waals surface area (Å²) in [4.78, 5) is 18.1. The van der Waals surface area contributed by atoms with Crippen LogP contribution in [0.4, 0.5) is 10.1 Å². The van der Waals surface area contributed by atoms with E-state index in [0.29, 0.717) is 11.7 Å². The zero-order chi connectivity index (χ0) is 11.5. The topological polar surface area (TPSA) is 81.0 Å². The van der Waals surface area contributed by atoms with Crippen molar-refractivity contribution in [1.82, 2.24) is 9.97 Å². The third-order valence-corrected chi connectivity index (χ3v) is 3.49. The van der Waals surface area contributed by atoms with Gasteiger partial charge in [0, 0.05) is 5.38 Å². The Morgan fingerprint density at radius 1 is 1.62 bits per heavy atom. The molecule has 6 nitrogen and oxygen atoms in total. The number of hydrogen-bond donors (Lipinski definition) is 1. The van der Waals surface area contributed by atoms with Gasteiger partial charge < -0.3 is 5.32 Å². The van der Waals surface area contributed by atoms with Crippen molar-refractivity contribution < 1.29 is 4.92 Å². The van der Waals surface area contributed by atoms with Crippen LogP contribution >= 0.6 is 22.7 Å². The number of rotatable bonds is 4. The Hall–Kier alpha value is -1.54. The van der Waals surface area contributed by atoms with Gasteiger partial charge >= 0.3 is 5.00 Å². The van der Waals surface area contributed by atoms with Crippen molar-refractivity contribution in [3.8, 4) is 0 Å². The highest BCUT2D eigenvalue weighted by atomic mass is 32.1. The summed E-state index contributed by atoms with van der Waals surface area (Å²) in [5.41, 5.74) is 0.917. The number of nitrogens with zero attached hydrogens (tertiary/aromatic N) is 3. The molecule has 0 aliphatic heterocycles. The molecule has 2 rings (SSSR count). The lowest BCUT2D eigenvalue weighted by Gasteiger charge is -1.97. The standard InChI is InChI=1S/C8H8N4O2S2/c1-5-11-6(4-15-5)2-9-8-10-3-7(16-8)12(13)14/h3-4H,2H2,1H3,(H,9,10). The molecule has 0 spiro atoms. The maximum Gasteiger partial charge on any atom is 0.345 e. The molecule has 0 fully saturated rings. The Labute approximate surface area is 99.1 Å². The van der Waals surface area contributed by atoms with Gasteiger partial charge in [0.25, 0.3) is 0 Å². The van der Waals surface area contributed by atoms with Crippen LogP contribution in [-0.4, -0.2) is 14.9 Å². The van der Waals surface area contributed by atoms with E-state index in [1.165, 1.54) is 6.20 Å². The quantitative estimate of drug-likeness (QED) is 0.671. The Morgan fingerprint density at radius 2 is 2.44 bits per heavy atom. The largest absolute Gasteiger partial charge is 0.356 e. The van der Waals surface area contributed by atoms with E-state index in [0.717, 1.165) is 22.0 Å². The first-order valence-electron chi connectivity index (χ1n) is 4.40. The van der Waals surface area contributed by atoms with Crippen LogP contribution in [0.25, 0.3) is 0 Å². The van der Waals surface area contributed by atoms with Crippen LogP contribution in [0.5, 0.6) is 0 Å². The van der Waals surface area contributed by atoms with Crippen molar-refractivity contribution >= 4 is 32.8 Å². The van der Waals surface area contributed by atoms with E-state index >= 15 is 0 Å². The molecule has 0 aliphatic carbocycles. The zero-order valence-corrected chi connectivity index (χ0v) is 9.97. The molecular formula is C8H8N4O2S2. The van der Waals surface area contributed by atoms with Crippen molar-refractivity contribution in [2.24, 2.45) is 0 Å². The summed E-state index contributed by atoms with van der Waals surface area (Å²) in [5, 5.41) is 17.0. The van der Waals surface area contributed by atoms with Gasteiger partial charge in [-0.05, 0) is 18.3 Å². The maximum atomic E-state index is 10.4. The number of hydrogen-bond acceptors (Lipinski definition) is 7. The fourth-order valence-electron chi connectivity index (χ4n) is 1.09. The van der Waals surface area contributed by atoms with Crippen LogP contribution in [0.15, 0.2) is 11.6 Å². The average Bonchev–Trinajstić information content (AvgIpc) is 2.83. The van der Waals surface area contributed by atoms with Crippen molar-refractivity contribution in [1.29, 1.82) is 0 Å². The van der Waals surface area contributed by atoms with Crippen LogP contribution in [-0.2, 0) is 6.54 Å². The molecule has 2 aromatic rings. The van der Waals surface area contributed by atoms with Gasteiger partial charge in [0.05, 0.1) is 22.2 Å². The SMILES string of the molecule is Cc1nc(CNc2ncc([N+](=O)[O-])s2)cs1. The van der Waals surface area contributed by atoms with Gasteiger partial charge in [0.2, 0.25) is 0 Å². The number of nitro groups is 1. The first-order valence-corrected chi connectivity index (χ1v) is 6.10. The lowest BCUT2D eigenvalue weighted by molar-refractivity contribution is -0.380. The fourth-order valence-corrected chi connectivity index (χ4v) is 2.33. The Kier molecular flexibility index (Phi) is 3.11. The summed E-state index contributed by atoms with van der Waals surface area (Å²) in [6.07, 6.45) is 1.25. The Balaban J connectivity index is 1.97. The van der Waals surface area contributed by atoms with Crippen LogP contribution in [0.1, 0.15) is 10.7 Å². The van der Waals surface area contributed by atoms with E-state index in [1.807, 2.05) is 12.3 Å².